The van der Waals surface area contributed by atoms with E-state index in [0.29, 0.717) is 36.8 Å². The summed E-state index contributed by atoms with van der Waals surface area (Å²) in [5.41, 5.74) is -3.24. The van der Waals surface area contributed by atoms with Crippen LogP contribution >= 0.6 is 0 Å². The zero-order chi connectivity index (χ0) is 40.9. The van der Waals surface area contributed by atoms with Gasteiger partial charge in [0.05, 0.1) is 12.3 Å². The number of aliphatic carboxylic acids is 1. The maximum absolute atomic E-state index is 14.1. The molecule has 0 radical (unpaired) electrons. The first-order valence-electron chi connectivity index (χ1n) is 19.2. The number of amides is 1. The molecular formula is C43H59NO11. The number of carboxylic acid groups (broad SMARTS) is 1. The van der Waals surface area contributed by atoms with Gasteiger partial charge in [-0.1, -0.05) is 100 Å². The van der Waals surface area contributed by atoms with Crippen LogP contribution in [0.15, 0.2) is 66.7 Å². The summed E-state index contributed by atoms with van der Waals surface area (Å²) in [6.45, 7) is 6.09. The van der Waals surface area contributed by atoms with E-state index < -0.39 is 65.8 Å². The van der Waals surface area contributed by atoms with Gasteiger partial charge in [-0.05, 0) is 64.2 Å². The van der Waals surface area contributed by atoms with Gasteiger partial charge in [-0.3, -0.25) is 19.2 Å². The molecule has 4 N–H and O–H groups in total. The molecule has 0 aliphatic heterocycles. The summed E-state index contributed by atoms with van der Waals surface area (Å²) in [6.07, 6.45) is 11.5. The lowest BCUT2D eigenvalue weighted by atomic mass is 9.82. The second-order valence-corrected chi connectivity index (χ2v) is 14.9. The first kappa shape index (κ1) is 46.3. The van der Waals surface area contributed by atoms with Crippen molar-refractivity contribution in [2.24, 2.45) is 5.92 Å². The SMILES string of the molecule is CCCCCCCC(=O)CCCCCC/C=C/[C@H](C(=O)N[C@@H](Cc1ccc(O)cc1)C(=O)OCC(=O)c1ccccc1)[C@@](O)(CC(=O)O)C(=O)OC(C)(C)C. The fourth-order valence-corrected chi connectivity index (χ4v) is 5.86. The number of hydrogen-bond acceptors (Lipinski definition) is 10. The smallest absolute Gasteiger partial charge is 0.340 e. The van der Waals surface area contributed by atoms with E-state index in [0.717, 1.165) is 44.9 Å². The minimum atomic E-state index is -2.88. The average Bonchev–Trinajstić information content (AvgIpc) is 3.12. The lowest BCUT2D eigenvalue weighted by Crippen LogP contribution is -2.57. The molecule has 0 unspecified atom stereocenters. The van der Waals surface area contributed by atoms with Crippen molar-refractivity contribution in [3.8, 4) is 5.75 Å². The molecule has 0 spiro atoms. The zero-order valence-corrected chi connectivity index (χ0v) is 32.7. The van der Waals surface area contributed by atoms with Gasteiger partial charge in [-0.25, -0.2) is 9.59 Å². The Bertz CT molecular complexity index is 1560. The van der Waals surface area contributed by atoms with Crippen molar-refractivity contribution in [2.45, 2.75) is 135 Å². The highest BCUT2D eigenvalue weighted by Gasteiger charge is 2.51. The standard InChI is InChI=1S/C43H59NO11/c1-5-6-7-10-16-21-33(45)22-17-11-8-9-12-18-23-35(43(53,29-38(48)49)41(52)55-42(2,3)4)39(50)44-36(28-31-24-26-34(46)27-25-31)40(51)54-30-37(47)32-19-14-13-15-20-32/h13-15,18-20,23-27,35-36,46,53H,5-12,16-17,21-22,28-30H2,1-4H3,(H,44,50)(H,48,49)/b23-18+/t35-,36+,43+/m1/s1. The number of hydrogen-bond donors (Lipinski definition) is 4. The fourth-order valence-electron chi connectivity index (χ4n) is 5.86. The second-order valence-electron chi connectivity index (χ2n) is 14.9. The van der Waals surface area contributed by atoms with E-state index in [9.17, 15) is 44.1 Å². The van der Waals surface area contributed by atoms with Crippen molar-refractivity contribution < 1.29 is 53.6 Å². The van der Waals surface area contributed by atoms with Crippen LogP contribution in [0.3, 0.4) is 0 Å². The number of unbranched alkanes of at least 4 members (excludes halogenated alkanes) is 8. The van der Waals surface area contributed by atoms with Crippen LogP contribution < -0.4 is 5.32 Å². The number of ether oxygens (including phenoxy) is 2. The number of benzene rings is 2. The minimum Gasteiger partial charge on any atom is -0.508 e. The summed E-state index contributed by atoms with van der Waals surface area (Å²) >= 11 is 0. The number of aliphatic hydroxyl groups is 1. The molecule has 0 aromatic heterocycles. The number of carbonyl (C=O) groups excluding carboxylic acids is 5. The van der Waals surface area contributed by atoms with E-state index in [2.05, 4.69) is 12.2 Å². The van der Waals surface area contributed by atoms with Crippen LogP contribution in [0.1, 0.15) is 127 Å². The van der Waals surface area contributed by atoms with Crippen molar-refractivity contribution in [3.63, 3.8) is 0 Å². The Morgan fingerprint density at radius 1 is 0.818 bits per heavy atom. The molecule has 0 fully saturated rings. The molecule has 0 bridgehead atoms. The van der Waals surface area contributed by atoms with Crippen molar-refractivity contribution in [3.05, 3.63) is 77.9 Å². The first-order valence-corrected chi connectivity index (χ1v) is 19.2. The Kier molecular flexibility index (Phi) is 20.1. The molecular weight excluding hydrogens is 706 g/mol. The van der Waals surface area contributed by atoms with Crippen LogP contribution in [0.2, 0.25) is 0 Å². The van der Waals surface area contributed by atoms with Gasteiger partial charge >= 0.3 is 17.9 Å². The molecule has 1 amide bonds. The lowest BCUT2D eigenvalue weighted by molar-refractivity contribution is -0.187. The number of nitrogens with one attached hydrogen (secondary N) is 1. The molecule has 2 aromatic rings. The van der Waals surface area contributed by atoms with Crippen LogP contribution in [-0.2, 0) is 39.9 Å². The largest absolute Gasteiger partial charge is 0.508 e. The maximum Gasteiger partial charge on any atom is 0.340 e. The van der Waals surface area contributed by atoms with Gasteiger partial charge in [0.1, 0.15) is 23.2 Å². The van der Waals surface area contributed by atoms with E-state index in [1.807, 2.05) is 0 Å². The van der Waals surface area contributed by atoms with Crippen molar-refractivity contribution in [2.75, 3.05) is 6.61 Å². The Hall–Kier alpha value is -4.84. The van der Waals surface area contributed by atoms with Crippen molar-refractivity contribution >= 4 is 35.4 Å². The number of Topliss-reactive ketones (excluding diaryl/α,β-unsaturated/α-hetero) is 2. The van der Waals surface area contributed by atoms with E-state index in [4.69, 9.17) is 9.47 Å². The van der Waals surface area contributed by atoms with Crippen LogP contribution in [0, 0.1) is 5.92 Å². The van der Waals surface area contributed by atoms with Crippen molar-refractivity contribution in [1.82, 2.24) is 5.32 Å². The monoisotopic (exact) mass is 765 g/mol. The predicted molar refractivity (Wildman–Crippen MR) is 207 cm³/mol. The van der Waals surface area contributed by atoms with E-state index >= 15 is 0 Å². The quantitative estimate of drug-likeness (QED) is 0.0339. The highest BCUT2D eigenvalue weighted by molar-refractivity contribution is 5.99. The summed E-state index contributed by atoms with van der Waals surface area (Å²) in [5.74, 6) is -7.06. The molecule has 2 aromatic carbocycles. The van der Waals surface area contributed by atoms with Gasteiger partial charge in [-0.2, -0.15) is 0 Å². The number of carbonyl (C=O) groups is 6. The molecule has 0 aliphatic carbocycles. The van der Waals surface area contributed by atoms with Crippen LogP contribution in [0.4, 0.5) is 0 Å². The number of carboxylic acids is 1. The summed E-state index contributed by atoms with van der Waals surface area (Å²) in [5, 5.41) is 33.8. The second kappa shape index (κ2) is 23.8. The number of aromatic hydroxyl groups is 1. The molecule has 302 valence electrons. The third kappa shape index (κ3) is 17.9. The van der Waals surface area contributed by atoms with Gasteiger partial charge < -0.3 is 30.1 Å². The summed E-state index contributed by atoms with van der Waals surface area (Å²) in [4.78, 5) is 77.9. The number of phenolic OH excluding ortho intramolecular Hbond substituents is 1. The molecule has 55 heavy (non-hydrogen) atoms. The summed E-state index contributed by atoms with van der Waals surface area (Å²) in [7, 11) is 0. The highest BCUT2D eigenvalue weighted by Crippen LogP contribution is 2.29. The number of ketones is 2. The number of esters is 2. The van der Waals surface area contributed by atoms with Gasteiger partial charge in [-0.15, -0.1) is 0 Å². The number of rotatable bonds is 26. The third-order valence-corrected chi connectivity index (χ3v) is 8.85. The maximum atomic E-state index is 14.1. The summed E-state index contributed by atoms with van der Waals surface area (Å²) < 4.78 is 10.7. The Morgan fingerprint density at radius 2 is 1.42 bits per heavy atom. The Labute approximate surface area is 324 Å². The molecule has 3 atom stereocenters. The van der Waals surface area contributed by atoms with Crippen LogP contribution in [0.5, 0.6) is 5.75 Å². The predicted octanol–water partition coefficient (Wildman–Crippen LogP) is 6.84. The van der Waals surface area contributed by atoms with Gasteiger partial charge in [0.15, 0.2) is 18.0 Å². The molecule has 0 saturated carbocycles. The fraction of sp³-hybridized carbons (Fsp3) is 0.535. The van der Waals surface area contributed by atoms with Crippen LogP contribution in [0.25, 0.3) is 0 Å². The average molecular weight is 766 g/mol. The van der Waals surface area contributed by atoms with E-state index in [1.54, 1.807) is 36.4 Å². The zero-order valence-electron chi connectivity index (χ0n) is 32.7. The molecule has 0 aliphatic rings. The first-order chi connectivity index (χ1) is 26.1. The molecule has 12 heteroatoms. The molecule has 12 nitrogen and oxygen atoms in total. The van der Waals surface area contributed by atoms with Gasteiger partial charge in [0.2, 0.25) is 5.91 Å². The van der Waals surface area contributed by atoms with Gasteiger partial charge in [0, 0.05) is 24.8 Å². The molecule has 0 heterocycles. The van der Waals surface area contributed by atoms with Gasteiger partial charge in [0.25, 0.3) is 0 Å². The van der Waals surface area contributed by atoms with E-state index in [1.165, 1.54) is 57.5 Å². The molecule has 0 saturated heterocycles. The topological polar surface area (TPSA) is 194 Å². The highest BCUT2D eigenvalue weighted by atomic mass is 16.6. The number of phenols is 1. The molecule has 2 rings (SSSR count). The van der Waals surface area contributed by atoms with E-state index in [-0.39, 0.29) is 18.0 Å². The summed E-state index contributed by atoms with van der Waals surface area (Å²) in [6, 6.07) is 12.5. The normalized spacial score (nSPS) is 13.7. The minimum absolute atomic E-state index is 0.0386. The number of allylic oxidation sites excluding steroid dienone is 1. The van der Waals surface area contributed by atoms with Crippen LogP contribution in [-0.4, -0.2) is 74.6 Å². The lowest BCUT2D eigenvalue weighted by Gasteiger charge is -2.34. The Morgan fingerprint density at radius 3 is 2.00 bits per heavy atom. The Balaban J connectivity index is 2.26. The third-order valence-electron chi connectivity index (χ3n) is 8.85. The van der Waals surface area contributed by atoms with Crippen molar-refractivity contribution in [1.29, 1.82) is 0 Å².